The number of fused-ring (bicyclic) bond motifs is 4. The van der Waals surface area contributed by atoms with Gasteiger partial charge in [-0.1, -0.05) is 73.7 Å². The Morgan fingerprint density at radius 3 is 1.72 bits per heavy atom. The average Bonchev–Trinajstić information content (AvgIpc) is 3.98. The summed E-state index contributed by atoms with van der Waals surface area (Å²) in [5.74, 6) is -0.220. The molecule has 9 heteroatoms. The second-order valence-corrected chi connectivity index (χ2v) is 17.2. The second-order valence-electron chi connectivity index (χ2n) is 14.3. The van der Waals surface area contributed by atoms with Gasteiger partial charge in [0.05, 0.1) is 24.9 Å². The first-order valence-electron chi connectivity index (χ1n) is 19.3. The summed E-state index contributed by atoms with van der Waals surface area (Å²) in [4.78, 5) is 29.1. The van der Waals surface area contributed by atoms with Crippen LogP contribution in [0.4, 0.5) is 0 Å². The third kappa shape index (κ3) is 7.95. The van der Waals surface area contributed by atoms with E-state index in [-0.39, 0.29) is 17.4 Å². The summed E-state index contributed by atoms with van der Waals surface area (Å²) in [6.07, 6.45) is 8.56. The standard InChI is InChI=1S/C45H48N2O4S3/c1-5-50-41(48)13-9-7-11-25-45(26-12-8-10-14-42(49)51-6-2)36-27-29(3)15-18-32(36)33-19-17-31(28-37(33)45)38-23-24-40(53-38)35-21-20-34(39-22-16-30(4)52-39)43-44(35)47-54-46-43/h15-24,27-28H,5-14,25-26H2,1-4H3. The highest BCUT2D eigenvalue weighted by Gasteiger charge is 2.42. The van der Waals surface area contributed by atoms with Gasteiger partial charge in [0.1, 0.15) is 11.0 Å². The van der Waals surface area contributed by atoms with Crippen LogP contribution in [-0.2, 0) is 24.5 Å². The number of hydrogen-bond acceptors (Lipinski definition) is 9. The van der Waals surface area contributed by atoms with Gasteiger partial charge in [0, 0.05) is 48.9 Å². The van der Waals surface area contributed by atoms with Gasteiger partial charge in [0.2, 0.25) is 0 Å². The first kappa shape index (κ1) is 38.1. The van der Waals surface area contributed by atoms with Crippen molar-refractivity contribution in [1.29, 1.82) is 0 Å². The van der Waals surface area contributed by atoms with Crippen LogP contribution in [0.15, 0.2) is 72.8 Å². The molecule has 0 unspecified atom stereocenters. The molecule has 0 aliphatic heterocycles. The molecule has 1 aliphatic carbocycles. The second kappa shape index (κ2) is 17.1. The maximum atomic E-state index is 12.1. The highest BCUT2D eigenvalue weighted by molar-refractivity contribution is 7.19. The molecule has 3 aromatic carbocycles. The van der Waals surface area contributed by atoms with Gasteiger partial charge in [0.15, 0.2) is 0 Å². The average molecular weight is 777 g/mol. The number of aromatic nitrogens is 2. The molecule has 0 saturated heterocycles. The number of unbranched alkanes of at least 4 members (excludes halogenated alkanes) is 4. The van der Waals surface area contributed by atoms with Gasteiger partial charge in [-0.3, -0.25) is 9.59 Å². The Labute approximate surface area is 330 Å². The van der Waals surface area contributed by atoms with Gasteiger partial charge in [-0.2, -0.15) is 8.75 Å². The Kier molecular flexibility index (Phi) is 12.1. The SMILES string of the molecule is CCOC(=O)CCCCCC1(CCCCCC(=O)OCC)c2cc(C)ccc2-c2ccc(-c3ccc(-c4ccc(-c5ccc(C)s5)c5nsnc45)s3)cc21. The Bertz CT molecular complexity index is 2240. The quantitative estimate of drug-likeness (QED) is 0.0678. The summed E-state index contributed by atoms with van der Waals surface area (Å²) in [6.45, 7) is 8.89. The lowest BCUT2D eigenvalue weighted by Gasteiger charge is -2.33. The predicted molar refractivity (Wildman–Crippen MR) is 225 cm³/mol. The van der Waals surface area contributed by atoms with Crippen LogP contribution in [0.5, 0.6) is 0 Å². The predicted octanol–water partition coefficient (Wildman–Crippen LogP) is 12.7. The molecule has 0 fully saturated rings. The molecule has 0 amide bonds. The van der Waals surface area contributed by atoms with Gasteiger partial charge in [-0.25, -0.2) is 0 Å². The van der Waals surface area contributed by atoms with Crippen LogP contribution < -0.4 is 0 Å². The minimum absolute atomic E-state index is 0.110. The number of aryl methyl sites for hydroxylation is 2. The Balaban J connectivity index is 1.21. The molecule has 0 bridgehead atoms. The number of hydrogen-bond donors (Lipinski definition) is 0. The number of thiophene rings is 2. The minimum atomic E-state index is -0.158. The van der Waals surface area contributed by atoms with E-state index in [9.17, 15) is 9.59 Å². The fourth-order valence-corrected chi connectivity index (χ4v) is 10.6. The van der Waals surface area contributed by atoms with Crippen molar-refractivity contribution in [3.63, 3.8) is 0 Å². The lowest BCUT2D eigenvalue weighted by atomic mass is 9.70. The van der Waals surface area contributed by atoms with E-state index in [1.807, 2.05) is 25.2 Å². The van der Waals surface area contributed by atoms with Gasteiger partial charge >= 0.3 is 11.9 Å². The largest absolute Gasteiger partial charge is 0.466 e. The highest BCUT2D eigenvalue weighted by Crippen LogP contribution is 2.55. The van der Waals surface area contributed by atoms with Crippen molar-refractivity contribution in [2.45, 2.75) is 97.3 Å². The summed E-state index contributed by atoms with van der Waals surface area (Å²) in [5.41, 5.74) is 12.0. The third-order valence-electron chi connectivity index (χ3n) is 10.7. The molecular formula is C45H48N2O4S3. The molecule has 0 N–H and O–H groups in total. The molecule has 3 aromatic heterocycles. The summed E-state index contributed by atoms with van der Waals surface area (Å²) in [6, 6.07) is 27.3. The number of esters is 2. The summed E-state index contributed by atoms with van der Waals surface area (Å²) in [7, 11) is 0. The van der Waals surface area contributed by atoms with Crippen molar-refractivity contribution in [3.05, 3.63) is 94.4 Å². The molecule has 6 nitrogen and oxygen atoms in total. The number of carbonyl (C=O) groups excluding carboxylic acids is 2. The maximum absolute atomic E-state index is 12.1. The zero-order valence-corrected chi connectivity index (χ0v) is 34.1. The Morgan fingerprint density at radius 2 is 1.13 bits per heavy atom. The third-order valence-corrected chi connectivity index (χ3v) is 13.4. The molecule has 0 atom stereocenters. The number of ether oxygens (including phenoxy) is 2. The van der Waals surface area contributed by atoms with E-state index in [1.54, 1.807) is 11.3 Å². The fourth-order valence-electron chi connectivity index (χ4n) is 8.12. The first-order chi connectivity index (χ1) is 26.3. The molecule has 0 saturated carbocycles. The normalized spacial score (nSPS) is 12.9. The molecule has 280 valence electrons. The lowest BCUT2D eigenvalue weighted by molar-refractivity contribution is -0.144. The van der Waals surface area contributed by atoms with E-state index in [0.29, 0.717) is 26.1 Å². The van der Waals surface area contributed by atoms with Crippen molar-refractivity contribution in [2.75, 3.05) is 13.2 Å². The van der Waals surface area contributed by atoms with E-state index in [4.69, 9.17) is 18.2 Å². The molecule has 0 radical (unpaired) electrons. The molecule has 6 aromatic rings. The van der Waals surface area contributed by atoms with Crippen LogP contribution in [0, 0.1) is 13.8 Å². The van der Waals surface area contributed by atoms with Crippen molar-refractivity contribution in [2.24, 2.45) is 0 Å². The van der Waals surface area contributed by atoms with Crippen molar-refractivity contribution in [3.8, 4) is 42.4 Å². The highest BCUT2D eigenvalue weighted by atomic mass is 32.1. The number of rotatable bonds is 17. The van der Waals surface area contributed by atoms with E-state index in [2.05, 4.69) is 86.6 Å². The van der Waals surface area contributed by atoms with Crippen molar-refractivity contribution >= 4 is 57.4 Å². The van der Waals surface area contributed by atoms with Crippen LogP contribution in [0.2, 0.25) is 0 Å². The number of carbonyl (C=O) groups is 2. The van der Waals surface area contributed by atoms with Crippen LogP contribution in [0.1, 0.15) is 99.6 Å². The van der Waals surface area contributed by atoms with Gasteiger partial charge in [0.25, 0.3) is 0 Å². The number of benzene rings is 3. The van der Waals surface area contributed by atoms with Gasteiger partial charge in [-0.05, 0) is 112 Å². The molecule has 1 aliphatic rings. The lowest BCUT2D eigenvalue weighted by Crippen LogP contribution is -2.26. The molecule has 7 rings (SSSR count). The van der Waals surface area contributed by atoms with E-state index >= 15 is 0 Å². The monoisotopic (exact) mass is 776 g/mol. The molecular weight excluding hydrogens is 729 g/mol. The molecule has 3 heterocycles. The van der Waals surface area contributed by atoms with Gasteiger partial charge in [-0.15, -0.1) is 22.7 Å². The molecule has 0 spiro atoms. The molecule has 54 heavy (non-hydrogen) atoms. The van der Waals surface area contributed by atoms with E-state index < -0.39 is 0 Å². The van der Waals surface area contributed by atoms with Crippen molar-refractivity contribution < 1.29 is 19.1 Å². The summed E-state index contributed by atoms with van der Waals surface area (Å²) < 4.78 is 19.9. The summed E-state index contributed by atoms with van der Waals surface area (Å²) >= 11 is 4.88. The zero-order chi connectivity index (χ0) is 37.7. The number of nitrogens with zero attached hydrogens (tertiary/aromatic N) is 2. The van der Waals surface area contributed by atoms with Crippen LogP contribution in [0.3, 0.4) is 0 Å². The van der Waals surface area contributed by atoms with Crippen LogP contribution in [0.25, 0.3) is 53.5 Å². The first-order valence-corrected chi connectivity index (χ1v) is 21.7. The Morgan fingerprint density at radius 1 is 0.593 bits per heavy atom. The zero-order valence-electron chi connectivity index (χ0n) is 31.7. The maximum Gasteiger partial charge on any atom is 0.305 e. The van der Waals surface area contributed by atoms with Gasteiger partial charge < -0.3 is 9.47 Å². The van der Waals surface area contributed by atoms with Crippen LogP contribution in [-0.4, -0.2) is 33.9 Å². The van der Waals surface area contributed by atoms with E-state index in [0.717, 1.165) is 73.5 Å². The topological polar surface area (TPSA) is 78.4 Å². The van der Waals surface area contributed by atoms with Crippen molar-refractivity contribution in [1.82, 2.24) is 8.75 Å². The smallest absolute Gasteiger partial charge is 0.305 e. The van der Waals surface area contributed by atoms with Crippen LogP contribution >= 0.6 is 34.4 Å². The summed E-state index contributed by atoms with van der Waals surface area (Å²) in [5, 5.41) is 0. The fraction of sp³-hybridized carbons (Fsp3) is 0.378. The van der Waals surface area contributed by atoms with E-state index in [1.165, 1.54) is 64.6 Å². The minimum Gasteiger partial charge on any atom is -0.466 e. The Hall–Kier alpha value is -4.18.